The highest BCUT2D eigenvalue weighted by atomic mass is 16.6. The van der Waals surface area contributed by atoms with E-state index in [0.717, 1.165) is 122 Å². The molecule has 1 atom stereocenters. The lowest BCUT2D eigenvalue weighted by Crippen LogP contribution is -2.30. The molecule has 0 heterocycles. The zero-order valence-electron chi connectivity index (χ0n) is 48.6. The Morgan fingerprint density at radius 3 is 0.838 bits per heavy atom. The van der Waals surface area contributed by atoms with Gasteiger partial charge in [-0.1, -0.05) is 272 Å². The summed E-state index contributed by atoms with van der Waals surface area (Å²) in [5.41, 5.74) is 0. The maximum absolute atomic E-state index is 12.8. The van der Waals surface area contributed by atoms with Gasteiger partial charge in [0.2, 0.25) is 0 Å². The van der Waals surface area contributed by atoms with Crippen LogP contribution in [0.3, 0.4) is 0 Å². The predicted molar refractivity (Wildman–Crippen MR) is 320 cm³/mol. The number of carbonyl (C=O) groups excluding carboxylic acids is 3. The molecule has 0 fully saturated rings. The van der Waals surface area contributed by atoms with Crippen molar-refractivity contribution in [2.45, 2.75) is 303 Å². The zero-order valence-corrected chi connectivity index (χ0v) is 48.6. The molecule has 1 unspecified atom stereocenters. The predicted octanol–water partition coefficient (Wildman–Crippen LogP) is 21.3. The first-order valence-electron chi connectivity index (χ1n) is 31.2. The van der Waals surface area contributed by atoms with Crippen molar-refractivity contribution < 1.29 is 28.6 Å². The van der Waals surface area contributed by atoms with E-state index in [2.05, 4.69) is 118 Å². The average Bonchev–Trinajstić information content (AvgIpc) is 3.40. The van der Waals surface area contributed by atoms with Gasteiger partial charge in [-0.05, 0) is 103 Å². The monoisotopic (exact) mass is 1030 g/mol. The minimum Gasteiger partial charge on any atom is -0.462 e. The minimum atomic E-state index is -0.783. The third-order valence-corrected chi connectivity index (χ3v) is 13.3. The summed E-state index contributed by atoms with van der Waals surface area (Å²) in [5.74, 6) is -0.892. The summed E-state index contributed by atoms with van der Waals surface area (Å²) >= 11 is 0. The first kappa shape index (κ1) is 70.3. The number of unbranched alkanes of at least 4 members (excludes halogenated alkanes) is 29. The molecule has 0 aliphatic rings. The molecule has 0 aromatic heterocycles. The van der Waals surface area contributed by atoms with Gasteiger partial charge in [0, 0.05) is 19.3 Å². The topological polar surface area (TPSA) is 78.9 Å². The standard InChI is InChI=1S/C68H116O6/c1-4-7-10-13-16-19-21-23-25-27-28-29-30-31-32-33-34-35-36-37-38-39-40-41-43-44-46-49-52-55-58-61-67(70)73-64-65(63-72-66(69)60-57-54-51-48-18-15-12-9-6-3)74-68(71)62-59-56-53-50-47-45-42-26-24-22-20-17-14-11-8-5-2/h7,10,16,19-20,22-23,25-26,28-29,31-32,34-35,42,65H,4-6,8-9,11-15,17-18,21,24,27,30,33,36-41,43-64H2,1-3H3/b10-7-,19-16-,22-20-,25-23-,29-28-,32-31-,35-34-,42-26-. The quantitative estimate of drug-likeness (QED) is 0.0261. The van der Waals surface area contributed by atoms with Crippen LogP contribution in [0.25, 0.3) is 0 Å². The van der Waals surface area contributed by atoms with Crippen LogP contribution >= 0.6 is 0 Å². The number of ether oxygens (including phenoxy) is 3. The van der Waals surface area contributed by atoms with Crippen molar-refractivity contribution in [2.24, 2.45) is 0 Å². The Kier molecular flexibility index (Phi) is 58.8. The van der Waals surface area contributed by atoms with E-state index in [-0.39, 0.29) is 31.1 Å². The molecular weight excluding hydrogens is 913 g/mol. The van der Waals surface area contributed by atoms with Crippen LogP contribution in [0.15, 0.2) is 97.2 Å². The first-order chi connectivity index (χ1) is 36.5. The van der Waals surface area contributed by atoms with E-state index in [1.165, 1.54) is 135 Å². The molecule has 74 heavy (non-hydrogen) atoms. The van der Waals surface area contributed by atoms with Crippen molar-refractivity contribution in [2.75, 3.05) is 13.2 Å². The van der Waals surface area contributed by atoms with Gasteiger partial charge in [0.25, 0.3) is 0 Å². The summed E-state index contributed by atoms with van der Waals surface area (Å²) in [4.78, 5) is 38.1. The van der Waals surface area contributed by atoms with Crippen LogP contribution in [0.2, 0.25) is 0 Å². The zero-order chi connectivity index (χ0) is 53.6. The lowest BCUT2D eigenvalue weighted by Gasteiger charge is -2.18. The molecule has 0 bridgehead atoms. The van der Waals surface area contributed by atoms with Crippen LogP contribution in [-0.2, 0) is 28.6 Å². The fourth-order valence-corrected chi connectivity index (χ4v) is 8.65. The van der Waals surface area contributed by atoms with Crippen molar-refractivity contribution in [1.82, 2.24) is 0 Å². The van der Waals surface area contributed by atoms with Crippen LogP contribution in [0.4, 0.5) is 0 Å². The third-order valence-electron chi connectivity index (χ3n) is 13.3. The van der Waals surface area contributed by atoms with Crippen LogP contribution < -0.4 is 0 Å². The Balaban J connectivity index is 4.17. The molecule has 6 heteroatoms. The summed E-state index contributed by atoms with van der Waals surface area (Å²) in [7, 11) is 0. The van der Waals surface area contributed by atoms with Crippen LogP contribution in [0.1, 0.15) is 297 Å². The molecule has 0 radical (unpaired) electrons. The second kappa shape index (κ2) is 61.9. The molecule has 0 saturated carbocycles. The van der Waals surface area contributed by atoms with E-state index >= 15 is 0 Å². The number of hydrogen-bond donors (Lipinski definition) is 0. The Bertz CT molecular complexity index is 1460. The van der Waals surface area contributed by atoms with Gasteiger partial charge in [-0.3, -0.25) is 14.4 Å². The van der Waals surface area contributed by atoms with Crippen LogP contribution in [0.5, 0.6) is 0 Å². The molecule has 0 aromatic rings. The minimum absolute atomic E-state index is 0.0807. The van der Waals surface area contributed by atoms with Gasteiger partial charge in [0.1, 0.15) is 13.2 Å². The summed E-state index contributed by atoms with van der Waals surface area (Å²) in [6.45, 7) is 6.49. The van der Waals surface area contributed by atoms with Gasteiger partial charge in [0.15, 0.2) is 6.10 Å². The van der Waals surface area contributed by atoms with E-state index in [4.69, 9.17) is 14.2 Å². The number of esters is 3. The summed E-state index contributed by atoms with van der Waals surface area (Å²) < 4.78 is 16.8. The van der Waals surface area contributed by atoms with E-state index in [0.29, 0.717) is 19.3 Å². The number of rotatable bonds is 56. The van der Waals surface area contributed by atoms with Crippen molar-refractivity contribution in [3.8, 4) is 0 Å². The molecule has 0 saturated heterocycles. The highest BCUT2D eigenvalue weighted by Gasteiger charge is 2.19. The van der Waals surface area contributed by atoms with Crippen molar-refractivity contribution in [1.29, 1.82) is 0 Å². The molecule has 0 spiro atoms. The molecule has 0 N–H and O–H groups in total. The molecule has 0 rings (SSSR count). The fourth-order valence-electron chi connectivity index (χ4n) is 8.65. The summed E-state index contributed by atoms with van der Waals surface area (Å²) in [6, 6.07) is 0. The van der Waals surface area contributed by atoms with Crippen LogP contribution in [-0.4, -0.2) is 37.2 Å². The molecule has 6 nitrogen and oxygen atoms in total. The Morgan fingerprint density at radius 1 is 0.284 bits per heavy atom. The molecule has 424 valence electrons. The van der Waals surface area contributed by atoms with Gasteiger partial charge < -0.3 is 14.2 Å². The summed E-state index contributed by atoms with van der Waals surface area (Å²) in [6.07, 6.45) is 82.8. The molecule has 0 aromatic carbocycles. The molecule has 0 aliphatic heterocycles. The van der Waals surface area contributed by atoms with Gasteiger partial charge in [-0.2, -0.15) is 0 Å². The Hall–Kier alpha value is -3.67. The second-order valence-corrected chi connectivity index (χ2v) is 20.6. The van der Waals surface area contributed by atoms with Crippen molar-refractivity contribution in [3.63, 3.8) is 0 Å². The van der Waals surface area contributed by atoms with E-state index in [1.807, 2.05) is 0 Å². The Morgan fingerprint density at radius 2 is 0.527 bits per heavy atom. The van der Waals surface area contributed by atoms with Gasteiger partial charge in [-0.15, -0.1) is 0 Å². The average molecular weight is 1030 g/mol. The highest BCUT2D eigenvalue weighted by molar-refractivity contribution is 5.71. The number of hydrogen-bond acceptors (Lipinski definition) is 6. The highest BCUT2D eigenvalue weighted by Crippen LogP contribution is 2.16. The SMILES string of the molecule is CC/C=C\C/C=C\C/C=C\C/C=C\C/C=C\C/C=C\CCCCCCCCCCCCCCC(=O)OCC(COC(=O)CCCCCCCCCCC)OC(=O)CCCCCCC/C=C\C/C=C\CCCCCC. The molecule has 0 amide bonds. The van der Waals surface area contributed by atoms with Gasteiger partial charge in [0.05, 0.1) is 0 Å². The molecule has 0 aliphatic carbocycles. The lowest BCUT2D eigenvalue weighted by molar-refractivity contribution is -0.167. The van der Waals surface area contributed by atoms with Gasteiger partial charge >= 0.3 is 17.9 Å². The number of carbonyl (C=O) groups is 3. The fraction of sp³-hybridized carbons (Fsp3) is 0.721. The first-order valence-corrected chi connectivity index (χ1v) is 31.2. The Labute approximate surface area is 457 Å². The van der Waals surface area contributed by atoms with Gasteiger partial charge in [-0.25, -0.2) is 0 Å². The second-order valence-electron chi connectivity index (χ2n) is 20.6. The maximum atomic E-state index is 12.8. The normalized spacial score (nSPS) is 12.7. The third kappa shape index (κ3) is 59.2. The molecular formula is C68H116O6. The summed E-state index contributed by atoms with van der Waals surface area (Å²) in [5, 5.41) is 0. The smallest absolute Gasteiger partial charge is 0.306 e. The lowest BCUT2D eigenvalue weighted by atomic mass is 10.0. The largest absolute Gasteiger partial charge is 0.462 e. The van der Waals surface area contributed by atoms with Crippen LogP contribution in [0, 0.1) is 0 Å². The maximum Gasteiger partial charge on any atom is 0.306 e. The van der Waals surface area contributed by atoms with E-state index in [9.17, 15) is 14.4 Å². The van der Waals surface area contributed by atoms with E-state index in [1.54, 1.807) is 0 Å². The van der Waals surface area contributed by atoms with E-state index < -0.39 is 6.10 Å². The van der Waals surface area contributed by atoms with Crippen molar-refractivity contribution in [3.05, 3.63) is 97.2 Å². The van der Waals surface area contributed by atoms with Crippen molar-refractivity contribution >= 4 is 17.9 Å². The number of allylic oxidation sites excluding steroid dienone is 16.